The second kappa shape index (κ2) is 6.23. The summed E-state index contributed by atoms with van der Waals surface area (Å²) in [5.74, 6) is 0.424. The van der Waals surface area contributed by atoms with Crippen LogP contribution in [0.25, 0.3) is 0 Å². The Hall–Kier alpha value is -0.790. The molecule has 0 spiro atoms. The standard InChI is InChI=1S/C15H19ClO/c1-2-10-17-15-9-8-13(16)11-14(15)12-6-4-3-5-7-12/h2-7,13-15H,1,8-11H2. The summed E-state index contributed by atoms with van der Waals surface area (Å²) < 4.78 is 5.87. The average Bonchev–Trinajstić information content (AvgIpc) is 2.38. The van der Waals surface area contributed by atoms with Crippen LogP contribution >= 0.6 is 11.6 Å². The Morgan fingerprint density at radius 2 is 2.06 bits per heavy atom. The Morgan fingerprint density at radius 1 is 1.29 bits per heavy atom. The Kier molecular flexibility index (Phi) is 4.64. The zero-order valence-corrected chi connectivity index (χ0v) is 10.8. The molecule has 1 aliphatic carbocycles. The minimum Gasteiger partial charge on any atom is -0.374 e. The summed E-state index contributed by atoms with van der Waals surface area (Å²) in [5, 5.41) is 0.281. The summed E-state index contributed by atoms with van der Waals surface area (Å²) in [6.45, 7) is 4.33. The van der Waals surface area contributed by atoms with Crippen molar-refractivity contribution >= 4 is 11.6 Å². The number of alkyl halides is 1. The molecule has 1 saturated carbocycles. The zero-order chi connectivity index (χ0) is 12.1. The monoisotopic (exact) mass is 250 g/mol. The molecular formula is C15H19ClO. The molecule has 0 bridgehead atoms. The minimum atomic E-state index is 0.281. The van der Waals surface area contributed by atoms with Crippen molar-refractivity contribution in [3.05, 3.63) is 48.6 Å². The predicted molar refractivity (Wildman–Crippen MR) is 72.6 cm³/mol. The van der Waals surface area contributed by atoms with Gasteiger partial charge in [-0.1, -0.05) is 36.4 Å². The highest BCUT2D eigenvalue weighted by Crippen LogP contribution is 2.37. The normalized spacial score (nSPS) is 28.9. The maximum Gasteiger partial charge on any atom is 0.0648 e. The lowest BCUT2D eigenvalue weighted by Crippen LogP contribution is -2.30. The van der Waals surface area contributed by atoms with Gasteiger partial charge in [-0.3, -0.25) is 0 Å². The Labute approximate surface area is 108 Å². The van der Waals surface area contributed by atoms with Crippen LogP contribution in [0.4, 0.5) is 0 Å². The van der Waals surface area contributed by atoms with E-state index in [1.54, 1.807) is 0 Å². The van der Waals surface area contributed by atoms with Crippen molar-refractivity contribution in [2.75, 3.05) is 6.61 Å². The van der Waals surface area contributed by atoms with Gasteiger partial charge in [0.25, 0.3) is 0 Å². The van der Waals surface area contributed by atoms with E-state index in [-0.39, 0.29) is 11.5 Å². The lowest BCUT2D eigenvalue weighted by Gasteiger charge is -2.34. The van der Waals surface area contributed by atoms with E-state index in [0.717, 1.165) is 19.3 Å². The number of benzene rings is 1. The van der Waals surface area contributed by atoms with Gasteiger partial charge in [0.2, 0.25) is 0 Å². The first-order chi connectivity index (χ1) is 8.31. The zero-order valence-electron chi connectivity index (χ0n) is 10.0. The minimum absolute atomic E-state index is 0.281. The molecule has 1 aromatic rings. The number of hydrogen-bond donors (Lipinski definition) is 0. The van der Waals surface area contributed by atoms with Gasteiger partial charge in [0.15, 0.2) is 0 Å². The van der Waals surface area contributed by atoms with Gasteiger partial charge in [0.1, 0.15) is 0 Å². The summed E-state index contributed by atoms with van der Waals surface area (Å²) in [4.78, 5) is 0. The molecule has 0 N–H and O–H groups in total. The van der Waals surface area contributed by atoms with Gasteiger partial charge in [-0.25, -0.2) is 0 Å². The molecule has 3 unspecified atom stereocenters. The van der Waals surface area contributed by atoms with E-state index in [4.69, 9.17) is 16.3 Å². The number of ether oxygens (including phenoxy) is 1. The smallest absolute Gasteiger partial charge is 0.0648 e. The van der Waals surface area contributed by atoms with Crippen LogP contribution < -0.4 is 0 Å². The van der Waals surface area contributed by atoms with Gasteiger partial charge < -0.3 is 4.74 Å². The third-order valence-electron chi connectivity index (χ3n) is 3.38. The number of hydrogen-bond acceptors (Lipinski definition) is 1. The molecule has 0 aromatic heterocycles. The van der Waals surface area contributed by atoms with Gasteiger partial charge >= 0.3 is 0 Å². The van der Waals surface area contributed by atoms with Gasteiger partial charge in [-0.05, 0) is 24.8 Å². The molecule has 0 aliphatic heterocycles. The highest BCUT2D eigenvalue weighted by atomic mass is 35.5. The number of halogens is 1. The van der Waals surface area contributed by atoms with Crippen molar-refractivity contribution in [3.63, 3.8) is 0 Å². The molecular weight excluding hydrogens is 232 g/mol. The third-order valence-corrected chi connectivity index (χ3v) is 3.78. The van der Waals surface area contributed by atoms with Gasteiger partial charge in [-0.2, -0.15) is 0 Å². The van der Waals surface area contributed by atoms with Crippen LogP contribution in [0.5, 0.6) is 0 Å². The third kappa shape index (κ3) is 3.34. The maximum atomic E-state index is 6.28. The quantitative estimate of drug-likeness (QED) is 0.577. The van der Waals surface area contributed by atoms with E-state index < -0.39 is 0 Å². The second-order valence-electron chi connectivity index (χ2n) is 4.59. The van der Waals surface area contributed by atoms with Crippen LogP contribution in [-0.4, -0.2) is 18.1 Å². The van der Waals surface area contributed by atoms with Gasteiger partial charge in [0, 0.05) is 11.3 Å². The molecule has 1 fully saturated rings. The van der Waals surface area contributed by atoms with Crippen molar-refractivity contribution in [3.8, 4) is 0 Å². The SMILES string of the molecule is C=CCOC1CCC(Cl)CC1c1ccccc1. The van der Waals surface area contributed by atoms with Crippen LogP contribution in [0, 0.1) is 0 Å². The summed E-state index contributed by atoms with van der Waals surface area (Å²) in [6.07, 6.45) is 5.20. The average molecular weight is 251 g/mol. The topological polar surface area (TPSA) is 9.23 Å². The molecule has 1 aromatic carbocycles. The first-order valence-corrected chi connectivity index (χ1v) is 6.66. The maximum absolute atomic E-state index is 6.28. The van der Waals surface area contributed by atoms with Gasteiger partial charge in [0.05, 0.1) is 12.7 Å². The fraction of sp³-hybridized carbons (Fsp3) is 0.467. The summed E-state index contributed by atoms with van der Waals surface area (Å²) in [5.41, 5.74) is 1.34. The van der Waals surface area contributed by atoms with Crippen LogP contribution in [0.2, 0.25) is 0 Å². The Balaban J connectivity index is 2.11. The highest BCUT2D eigenvalue weighted by Gasteiger charge is 2.31. The van der Waals surface area contributed by atoms with E-state index >= 15 is 0 Å². The lowest BCUT2D eigenvalue weighted by molar-refractivity contribution is 0.0307. The van der Waals surface area contributed by atoms with Crippen molar-refractivity contribution < 1.29 is 4.74 Å². The van der Waals surface area contributed by atoms with Crippen molar-refractivity contribution in [1.29, 1.82) is 0 Å². The summed E-state index contributed by atoms with van der Waals surface area (Å²) in [6, 6.07) is 10.5. The molecule has 0 heterocycles. The largest absolute Gasteiger partial charge is 0.374 e. The van der Waals surface area contributed by atoms with Gasteiger partial charge in [-0.15, -0.1) is 18.2 Å². The fourth-order valence-corrected chi connectivity index (χ4v) is 2.85. The molecule has 3 atom stereocenters. The van der Waals surface area contributed by atoms with Crippen molar-refractivity contribution in [2.24, 2.45) is 0 Å². The number of rotatable bonds is 4. The van der Waals surface area contributed by atoms with E-state index in [9.17, 15) is 0 Å². The molecule has 92 valence electrons. The molecule has 1 nitrogen and oxygen atoms in total. The van der Waals surface area contributed by atoms with Crippen molar-refractivity contribution in [1.82, 2.24) is 0 Å². The fourth-order valence-electron chi connectivity index (χ4n) is 2.53. The van der Waals surface area contributed by atoms with Crippen LogP contribution in [-0.2, 0) is 4.74 Å². The molecule has 1 aliphatic rings. The first-order valence-electron chi connectivity index (χ1n) is 6.22. The first kappa shape index (κ1) is 12.7. The summed E-state index contributed by atoms with van der Waals surface area (Å²) in [7, 11) is 0. The molecule has 17 heavy (non-hydrogen) atoms. The lowest BCUT2D eigenvalue weighted by atomic mass is 9.81. The molecule has 2 heteroatoms. The van der Waals surface area contributed by atoms with E-state index in [2.05, 4.69) is 30.8 Å². The van der Waals surface area contributed by atoms with E-state index in [1.165, 1.54) is 5.56 Å². The molecule has 0 radical (unpaired) electrons. The molecule has 0 saturated heterocycles. The summed E-state index contributed by atoms with van der Waals surface area (Å²) >= 11 is 6.28. The van der Waals surface area contributed by atoms with Crippen LogP contribution in [0.15, 0.2) is 43.0 Å². The Morgan fingerprint density at radius 3 is 2.76 bits per heavy atom. The van der Waals surface area contributed by atoms with E-state index in [0.29, 0.717) is 12.5 Å². The Bertz CT molecular complexity index is 349. The second-order valence-corrected chi connectivity index (χ2v) is 5.21. The molecule has 0 amide bonds. The van der Waals surface area contributed by atoms with E-state index in [1.807, 2.05) is 12.1 Å². The van der Waals surface area contributed by atoms with Crippen LogP contribution in [0.3, 0.4) is 0 Å². The molecule has 2 rings (SSSR count). The van der Waals surface area contributed by atoms with Crippen molar-refractivity contribution in [2.45, 2.75) is 36.7 Å². The predicted octanol–water partition coefficient (Wildman–Crippen LogP) is 4.13. The van der Waals surface area contributed by atoms with Crippen LogP contribution in [0.1, 0.15) is 30.7 Å². The highest BCUT2D eigenvalue weighted by molar-refractivity contribution is 6.20.